The number of allylic oxidation sites excluding steroid dienone is 4. The Balaban J connectivity index is 0.000000671. The molecule has 0 amide bonds. The van der Waals surface area contributed by atoms with Crippen LogP contribution in [0, 0.1) is 10.1 Å². The minimum Gasteiger partial charge on any atom is -0.259 e. The standard InChI is InChI=1S/C8H11NO2.C2H6/c1-6-3-4-8(9(10)11)7(2)5-6;1-2/h5H,3-4H2,1-2H3;1-2H3. The maximum atomic E-state index is 10.4. The summed E-state index contributed by atoms with van der Waals surface area (Å²) >= 11 is 0. The van der Waals surface area contributed by atoms with Crippen molar-refractivity contribution in [2.24, 2.45) is 0 Å². The van der Waals surface area contributed by atoms with Crippen molar-refractivity contribution < 1.29 is 4.92 Å². The normalized spacial score (nSPS) is 15.8. The Kier molecular flexibility index (Phi) is 5.04. The second kappa shape index (κ2) is 5.51. The molecule has 0 atom stereocenters. The lowest BCUT2D eigenvalue weighted by atomic mass is 9.99. The Labute approximate surface area is 79.3 Å². The summed E-state index contributed by atoms with van der Waals surface area (Å²) in [4.78, 5) is 10.1. The Morgan fingerprint density at radius 1 is 1.31 bits per heavy atom. The van der Waals surface area contributed by atoms with Crippen LogP contribution in [0.4, 0.5) is 0 Å². The van der Waals surface area contributed by atoms with Gasteiger partial charge in [-0.15, -0.1) is 0 Å². The fourth-order valence-electron chi connectivity index (χ4n) is 1.27. The first kappa shape index (κ1) is 11.9. The van der Waals surface area contributed by atoms with Crippen molar-refractivity contribution in [2.45, 2.75) is 40.5 Å². The van der Waals surface area contributed by atoms with E-state index in [1.54, 1.807) is 6.92 Å². The first-order chi connectivity index (χ1) is 6.11. The van der Waals surface area contributed by atoms with E-state index >= 15 is 0 Å². The Morgan fingerprint density at radius 3 is 2.23 bits per heavy atom. The second-order valence-electron chi connectivity index (χ2n) is 2.88. The van der Waals surface area contributed by atoms with Gasteiger partial charge in [-0.3, -0.25) is 10.1 Å². The van der Waals surface area contributed by atoms with Crippen molar-refractivity contribution in [2.75, 3.05) is 0 Å². The van der Waals surface area contributed by atoms with E-state index in [2.05, 4.69) is 0 Å². The molecule has 13 heavy (non-hydrogen) atoms. The summed E-state index contributed by atoms with van der Waals surface area (Å²) < 4.78 is 0. The van der Waals surface area contributed by atoms with Crippen molar-refractivity contribution >= 4 is 0 Å². The molecule has 1 rings (SSSR count). The van der Waals surface area contributed by atoms with Gasteiger partial charge in [0.2, 0.25) is 5.70 Å². The van der Waals surface area contributed by atoms with E-state index in [4.69, 9.17) is 0 Å². The van der Waals surface area contributed by atoms with Gasteiger partial charge in [0.25, 0.3) is 0 Å². The molecule has 0 aromatic rings. The number of nitrogens with zero attached hydrogens (tertiary/aromatic N) is 1. The molecule has 0 N–H and O–H groups in total. The average molecular weight is 183 g/mol. The van der Waals surface area contributed by atoms with Crippen molar-refractivity contribution in [1.82, 2.24) is 0 Å². The number of hydrogen-bond donors (Lipinski definition) is 0. The van der Waals surface area contributed by atoms with E-state index in [0.717, 1.165) is 12.0 Å². The monoisotopic (exact) mass is 183 g/mol. The van der Waals surface area contributed by atoms with Crippen LogP contribution in [0.1, 0.15) is 40.5 Å². The van der Waals surface area contributed by atoms with E-state index in [1.165, 1.54) is 5.57 Å². The molecule has 0 saturated heterocycles. The topological polar surface area (TPSA) is 43.1 Å². The van der Waals surface area contributed by atoms with E-state index in [1.807, 2.05) is 26.8 Å². The molecule has 0 aromatic carbocycles. The van der Waals surface area contributed by atoms with Gasteiger partial charge >= 0.3 is 0 Å². The van der Waals surface area contributed by atoms with Crippen LogP contribution in [0.15, 0.2) is 22.9 Å². The third kappa shape index (κ3) is 3.40. The van der Waals surface area contributed by atoms with Crippen molar-refractivity contribution in [3.8, 4) is 0 Å². The lowest BCUT2D eigenvalue weighted by molar-refractivity contribution is -0.429. The van der Waals surface area contributed by atoms with E-state index in [0.29, 0.717) is 12.1 Å². The Hall–Kier alpha value is -1.12. The molecule has 0 saturated carbocycles. The van der Waals surface area contributed by atoms with Crippen LogP contribution in [0.2, 0.25) is 0 Å². The lowest BCUT2D eigenvalue weighted by Gasteiger charge is -2.08. The first-order valence-corrected chi connectivity index (χ1v) is 4.62. The Morgan fingerprint density at radius 2 is 1.85 bits per heavy atom. The average Bonchev–Trinajstić information content (AvgIpc) is 2.07. The van der Waals surface area contributed by atoms with Gasteiger partial charge in [0.1, 0.15) is 0 Å². The summed E-state index contributed by atoms with van der Waals surface area (Å²) in [6, 6.07) is 0. The SMILES string of the molecule is CC.CC1=CC(C)=C([N+](=O)[O-])CC1. The highest BCUT2D eigenvalue weighted by atomic mass is 16.6. The second-order valence-corrected chi connectivity index (χ2v) is 2.88. The molecule has 1 aliphatic rings. The zero-order valence-corrected chi connectivity index (χ0v) is 8.76. The maximum absolute atomic E-state index is 10.4. The zero-order valence-electron chi connectivity index (χ0n) is 8.76. The molecule has 0 unspecified atom stereocenters. The van der Waals surface area contributed by atoms with E-state index < -0.39 is 0 Å². The van der Waals surface area contributed by atoms with Crippen molar-refractivity contribution in [1.29, 1.82) is 0 Å². The fraction of sp³-hybridized carbons (Fsp3) is 0.600. The van der Waals surface area contributed by atoms with Crippen LogP contribution in [0.3, 0.4) is 0 Å². The summed E-state index contributed by atoms with van der Waals surface area (Å²) in [5.74, 6) is 0. The summed E-state index contributed by atoms with van der Waals surface area (Å²) in [5.41, 5.74) is 2.41. The van der Waals surface area contributed by atoms with E-state index in [-0.39, 0.29) is 4.92 Å². The predicted octanol–water partition coefficient (Wildman–Crippen LogP) is 3.30. The lowest BCUT2D eigenvalue weighted by Crippen LogP contribution is -2.05. The highest BCUT2D eigenvalue weighted by Crippen LogP contribution is 2.23. The van der Waals surface area contributed by atoms with Crippen LogP contribution >= 0.6 is 0 Å². The number of nitro groups is 1. The highest BCUT2D eigenvalue weighted by molar-refractivity contribution is 5.27. The van der Waals surface area contributed by atoms with Crippen LogP contribution in [0.5, 0.6) is 0 Å². The molecular formula is C10H17NO2. The first-order valence-electron chi connectivity index (χ1n) is 4.62. The summed E-state index contributed by atoms with van der Waals surface area (Å²) in [7, 11) is 0. The fourth-order valence-corrected chi connectivity index (χ4v) is 1.27. The molecule has 1 aliphatic carbocycles. The van der Waals surface area contributed by atoms with Gasteiger partial charge in [-0.05, 0) is 20.3 Å². The quantitative estimate of drug-likeness (QED) is 0.462. The number of hydrogen-bond acceptors (Lipinski definition) is 2. The molecule has 3 heteroatoms. The van der Waals surface area contributed by atoms with E-state index in [9.17, 15) is 10.1 Å². The third-order valence-electron chi connectivity index (χ3n) is 1.89. The van der Waals surface area contributed by atoms with Gasteiger partial charge in [0.15, 0.2) is 0 Å². The zero-order chi connectivity index (χ0) is 10.4. The molecular weight excluding hydrogens is 166 g/mol. The van der Waals surface area contributed by atoms with Gasteiger partial charge < -0.3 is 0 Å². The molecule has 0 aromatic heterocycles. The van der Waals surface area contributed by atoms with Crippen LogP contribution in [0.25, 0.3) is 0 Å². The summed E-state index contributed by atoms with van der Waals surface area (Å²) in [6.07, 6.45) is 3.30. The van der Waals surface area contributed by atoms with Gasteiger partial charge in [-0.25, -0.2) is 0 Å². The van der Waals surface area contributed by atoms with Crippen LogP contribution in [-0.2, 0) is 0 Å². The molecule has 0 fully saturated rings. The molecule has 0 heterocycles. The highest BCUT2D eigenvalue weighted by Gasteiger charge is 2.17. The molecule has 3 nitrogen and oxygen atoms in total. The molecule has 0 aliphatic heterocycles. The minimum absolute atomic E-state index is 0.279. The predicted molar refractivity (Wildman–Crippen MR) is 54.0 cm³/mol. The summed E-state index contributed by atoms with van der Waals surface area (Å²) in [6.45, 7) is 7.79. The van der Waals surface area contributed by atoms with Crippen LogP contribution in [-0.4, -0.2) is 4.92 Å². The molecule has 0 spiro atoms. The van der Waals surface area contributed by atoms with Crippen molar-refractivity contribution in [3.05, 3.63) is 33.0 Å². The van der Waals surface area contributed by atoms with Gasteiger partial charge in [-0.1, -0.05) is 25.5 Å². The van der Waals surface area contributed by atoms with Crippen LogP contribution < -0.4 is 0 Å². The van der Waals surface area contributed by atoms with Gasteiger partial charge in [-0.2, -0.15) is 0 Å². The number of rotatable bonds is 1. The largest absolute Gasteiger partial charge is 0.259 e. The molecule has 0 radical (unpaired) electrons. The van der Waals surface area contributed by atoms with Gasteiger partial charge in [0.05, 0.1) is 4.92 Å². The van der Waals surface area contributed by atoms with Crippen molar-refractivity contribution in [3.63, 3.8) is 0 Å². The van der Waals surface area contributed by atoms with Gasteiger partial charge in [0, 0.05) is 12.0 Å². The molecule has 0 bridgehead atoms. The smallest absolute Gasteiger partial charge is 0.249 e. The Bertz CT molecular complexity index is 252. The summed E-state index contributed by atoms with van der Waals surface area (Å²) in [5, 5.41) is 10.4. The minimum atomic E-state index is -0.279. The maximum Gasteiger partial charge on any atom is 0.249 e. The molecule has 74 valence electrons. The third-order valence-corrected chi connectivity index (χ3v) is 1.89.